The largest absolute Gasteiger partial charge is 0.444 e. The fraction of sp³-hybridized carbons (Fsp3) is 0.692. The average molecular weight is 268 g/mol. The molecule has 2 N–H and O–H groups in total. The Hall–Kier alpha value is -1.56. The summed E-state index contributed by atoms with van der Waals surface area (Å²) in [5.41, 5.74) is -0.449. The van der Waals surface area contributed by atoms with Gasteiger partial charge in [-0.05, 0) is 20.8 Å². The van der Waals surface area contributed by atoms with Crippen molar-refractivity contribution in [2.45, 2.75) is 32.8 Å². The molecule has 0 spiro atoms. The number of aryl methyl sites for hydroxylation is 1. The van der Waals surface area contributed by atoms with Crippen molar-refractivity contribution in [1.82, 2.24) is 20.2 Å². The molecule has 0 aliphatic rings. The first-order valence-corrected chi connectivity index (χ1v) is 6.52. The third kappa shape index (κ3) is 6.81. The van der Waals surface area contributed by atoms with Crippen molar-refractivity contribution in [2.24, 2.45) is 7.05 Å². The van der Waals surface area contributed by atoms with E-state index in [1.807, 2.05) is 38.6 Å². The highest BCUT2D eigenvalue weighted by molar-refractivity contribution is 5.67. The van der Waals surface area contributed by atoms with Crippen molar-refractivity contribution in [3.63, 3.8) is 0 Å². The summed E-state index contributed by atoms with van der Waals surface area (Å²) in [6.07, 6.45) is 4.22. The van der Waals surface area contributed by atoms with Gasteiger partial charge in [0.05, 0.1) is 0 Å². The number of nitrogens with zero attached hydrogens (tertiary/aromatic N) is 2. The van der Waals surface area contributed by atoms with Crippen LogP contribution >= 0.6 is 0 Å². The van der Waals surface area contributed by atoms with E-state index in [2.05, 4.69) is 15.6 Å². The topological polar surface area (TPSA) is 68.2 Å². The second kappa shape index (κ2) is 7.13. The lowest BCUT2D eigenvalue weighted by atomic mass is 10.2. The van der Waals surface area contributed by atoms with Gasteiger partial charge < -0.3 is 19.9 Å². The van der Waals surface area contributed by atoms with Gasteiger partial charge in [0, 0.05) is 45.5 Å². The molecule has 1 rings (SSSR count). The van der Waals surface area contributed by atoms with Gasteiger partial charge in [0.2, 0.25) is 0 Å². The van der Waals surface area contributed by atoms with Crippen LogP contribution in [-0.2, 0) is 18.2 Å². The SMILES string of the molecule is Cn1ccnc1CCNCCNC(=O)OC(C)(C)C. The van der Waals surface area contributed by atoms with Crippen molar-refractivity contribution in [1.29, 1.82) is 0 Å². The monoisotopic (exact) mass is 268 g/mol. The van der Waals surface area contributed by atoms with E-state index in [9.17, 15) is 4.79 Å². The molecule has 0 aliphatic carbocycles. The average Bonchev–Trinajstić information content (AvgIpc) is 2.67. The van der Waals surface area contributed by atoms with Gasteiger partial charge in [-0.15, -0.1) is 0 Å². The second-order valence-electron chi connectivity index (χ2n) is 5.38. The Balaban J connectivity index is 2.03. The van der Waals surface area contributed by atoms with Crippen LogP contribution in [-0.4, -0.2) is 40.9 Å². The maximum absolute atomic E-state index is 11.3. The van der Waals surface area contributed by atoms with Crippen LogP contribution in [0.3, 0.4) is 0 Å². The molecule has 1 aromatic heterocycles. The number of amides is 1. The molecule has 0 saturated heterocycles. The normalized spacial score (nSPS) is 11.4. The van der Waals surface area contributed by atoms with E-state index in [4.69, 9.17) is 4.74 Å². The van der Waals surface area contributed by atoms with Crippen molar-refractivity contribution in [2.75, 3.05) is 19.6 Å². The molecule has 0 aromatic carbocycles. The molecule has 0 saturated carbocycles. The summed E-state index contributed by atoms with van der Waals surface area (Å²) < 4.78 is 7.13. The van der Waals surface area contributed by atoms with E-state index in [0.717, 1.165) is 18.8 Å². The number of hydrogen-bond acceptors (Lipinski definition) is 4. The molecule has 0 fully saturated rings. The first kappa shape index (κ1) is 15.5. The van der Waals surface area contributed by atoms with Crippen LogP contribution < -0.4 is 10.6 Å². The number of nitrogens with one attached hydrogen (secondary N) is 2. The van der Waals surface area contributed by atoms with Crippen LogP contribution in [0, 0.1) is 0 Å². The molecule has 0 atom stereocenters. The van der Waals surface area contributed by atoms with Crippen LogP contribution in [0.4, 0.5) is 4.79 Å². The first-order chi connectivity index (χ1) is 8.88. The third-order valence-electron chi connectivity index (χ3n) is 2.42. The Morgan fingerprint density at radius 2 is 2.11 bits per heavy atom. The summed E-state index contributed by atoms with van der Waals surface area (Å²) in [5.74, 6) is 1.05. The summed E-state index contributed by atoms with van der Waals surface area (Å²) in [5, 5.41) is 5.95. The van der Waals surface area contributed by atoms with Crippen molar-refractivity contribution in [3.8, 4) is 0 Å². The quantitative estimate of drug-likeness (QED) is 0.758. The highest BCUT2D eigenvalue weighted by atomic mass is 16.6. The molecule has 19 heavy (non-hydrogen) atoms. The molecule has 108 valence electrons. The van der Waals surface area contributed by atoms with E-state index in [1.54, 1.807) is 6.20 Å². The van der Waals surface area contributed by atoms with Gasteiger partial charge >= 0.3 is 6.09 Å². The number of carbonyl (C=O) groups excluding carboxylic acids is 1. The molecule has 6 nitrogen and oxygen atoms in total. The summed E-state index contributed by atoms with van der Waals surface area (Å²) in [6, 6.07) is 0. The minimum atomic E-state index is -0.449. The van der Waals surface area contributed by atoms with E-state index >= 15 is 0 Å². The zero-order chi connectivity index (χ0) is 14.3. The minimum Gasteiger partial charge on any atom is -0.444 e. The molecule has 6 heteroatoms. The van der Waals surface area contributed by atoms with Gasteiger partial charge in [-0.1, -0.05) is 0 Å². The van der Waals surface area contributed by atoms with Gasteiger partial charge in [0.1, 0.15) is 11.4 Å². The van der Waals surface area contributed by atoms with Gasteiger partial charge in [-0.2, -0.15) is 0 Å². The van der Waals surface area contributed by atoms with Crippen LogP contribution in [0.25, 0.3) is 0 Å². The Morgan fingerprint density at radius 3 is 2.68 bits per heavy atom. The van der Waals surface area contributed by atoms with E-state index in [0.29, 0.717) is 13.1 Å². The smallest absolute Gasteiger partial charge is 0.407 e. The fourth-order valence-electron chi connectivity index (χ4n) is 1.53. The minimum absolute atomic E-state index is 0.376. The number of rotatable bonds is 6. The van der Waals surface area contributed by atoms with Crippen molar-refractivity contribution >= 4 is 6.09 Å². The number of alkyl carbamates (subject to hydrolysis) is 1. The molecule has 1 heterocycles. The van der Waals surface area contributed by atoms with Gasteiger partial charge in [0.25, 0.3) is 0 Å². The second-order valence-corrected chi connectivity index (χ2v) is 5.38. The Kier molecular flexibility index (Phi) is 5.82. The molecule has 1 amide bonds. The molecule has 0 bridgehead atoms. The number of aromatic nitrogens is 2. The Labute approximate surface area is 114 Å². The number of ether oxygens (including phenoxy) is 1. The highest BCUT2D eigenvalue weighted by Gasteiger charge is 2.15. The standard InChI is InChI=1S/C13H24N4O2/c1-13(2,3)19-12(18)16-8-7-14-6-5-11-15-9-10-17(11)4/h9-10,14H,5-8H2,1-4H3,(H,16,18). The van der Waals surface area contributed by atoms with Crippen LogP contribution in [0.1, 0.15) is 26.6 Å². The zero-order valence-corrected chi connectivity index (χ0v) is 12.2. The molecule has 0 aliphatic heterocycles. The Morgan fingerprint density at radius 1 is 1.37 bits per heavy atom. The first-order valence-electron chi connectivity index (χ1n) is 6.52. The van der Waals surface area contributed by atoms with Crippen molar-refractivity contribution < 1.29 is 9.53 Å². The number of carbonyl (C=O) groups is 1. The predicted molar refractivity (Wildman–Crippen MR) is 74.0 cm³/mol. The molecular weight excluding hydrogens is 244 g/mol. The van der Waals surface area contributed by atoms with Crippen LogP contribution in [0.5, 0.6) is 0 Å². The Bertz CT molecular complexity index is 396. The van der Waals surface area contributed by atoms with Crippen molar-refractivity contribution in [3.05, 3.63) is 18.2 Å². The zero-order valence-electron chi connectivity index (χ0n) is 12.2. The number of hydrogen-bond donors (Lipinski definition) is 2. The predicted octanol–water partition coefficient (Wildman–Crippen LogP) is 1.08. The maximum atomic E-state index is 11.3. The fourth-order valence-corrected chi connectivity index (χ4v) is 1.53. The lowest BCUT2D eigenvalue weighted by Gasteiger charge is -2.19. The van der Waals surface area contributed by atoms with E-state index in [1.165, 1.54) is 0 Å². The maximum Gasteiger partial charge on any atom is 0.407 e. The molecular formula is C13H24N4O2. The lowest BCUT2D eigenvalue weighted by molar-refractivity contribution is 0.0528. The van der Waals surface area contributed by atoms with Crippen LogP contribution in [0.15, 0.2) is 12.4 Å². The number of imidazole rings is 1. The summed E-state index contributed by atoms with van der Waals surface area (Å²) in [6.45, 7) is 7.63. The van der Waals surface area contributed by atoms with Crippen LogP contribution in [0.2, 0.25) is 0 Å². The van der Waals surface area contributed by atoms with E-state index < -0.39 is 5.60 Å². The molecule has 0 radical (unpaired) electrons. The highest BCUT2D eigenvalue weighted by Crippen LogP contribution is 2.05. The van der Waals surface area contributed by atoms with Gasteiger partial charge in [0.15, 0.2) is 0 Å². The summed E-state index contributed by atoms with van der Waals surface area (Å²) in [4.78, 5) is 15.6. The van der Waals surface area contributed by atoms with Gasteiger partial charge in [-0.25, -0.2) is 9.78 Å². The van der Waals surface area contributed by atoms with Gasteiger partial charge in [-0.3, -0.25) is 0 Å². The summed E-state index contributed by atoms with van der Waals surface area (Å²) in [7, 11) is 1.98. The molecule has 0 unspecified atom stereocenters. The third-order valence-corrected chi connectivity index (χ3v) is 2.42. The summed E-state index contributed by atoms with van der Waals surface area (Å²) >= 11 is 0. The van der Waals surface area contributed by atoms with E-state index in [-0.39, 0.29) is 6.09 Å². The molecule has 1 aromatic rings. The lowest BCUT2D eigenvalue weighted by Crippen LogP contribution is -2.36.